The minimum atomic E-state index is -0.619. The van der Waals surface area contributed by atoms with Gasteiger partial charge in [-0.05, 0) is 54.2 Å². The average molecular weight is 442 g/mol. The van der Waals surface area contributed by atoms with E-state index in [2.05, 4.69) is 23.2 Å². The van der Waals surface area contributed by atoms with Crippen molar-refractivity contribution < 1.29 is 9.59 Å². The third kappa shape index (κ3) is 4.82. The molecule has 0 saturated carbocycles. The zero-order valence-corrected chi connectivity index (χ0v) is 19.6. The van der Waals surface area contributed by atoms with Crippen LogP contribution in [0.4, 0.5) is 0 Å². The molecule has 3 aromatic rings. The van der Waals surface area contributed by atoms with Crippen molar-refractivity contribution >= 4 is 11.8 Å². The Labute approximate surface area is 196 Å². The highest BCUT2D eigenvalue weighted by atomic mass is 16.2. The van der Waals surface area contributed by atoms with Crippen LogP contribution in [0.15, 0.2) is 79.1 Å². The van der Waals surface area contributed by atoms with Crippen molar-refractivity contribution in [2.75, 3.05) is 27.2 Å². The molecule has 1 aliphatic rings. The number of pyridine rings is 1. The van der Waals surface area contributed by atoms with Crippen LogP contribution in [0, 0.1) is 5.41 Å². The van der Waals surface area contributed by atoms with Crippen LogP contribution in [-0.2, 0) is 16.0 Å². The lowest BCUT2D eigenvalue weighted by molar-refractivity contribution is -0.139. The molecule has 5 nitrogen and oxygen atoms in total. The number of benzene rings is 2. The maximum absolute atomic E-state index is 13.4. The standard InChI is InChI=1S/C28H31N3O2/c1-21(23-9-5-4-6-10-23)26(32)31-17-14-28(20-31,27(33)30(2)3)19-22-8-7-11-25(18-22)24-12-15-29-16-13-24/h4-13,15-16,18,21H,14,17,19-20H2,1-3H3/t21-,28-/m1/s1. The van der Waals surface area contributed by atoms with Gasteiger partial charge in [0.05, 0.1) is 11.3 Å². The van der Waals surface area contributed by atoms with E-state index < -0.39 is 5.41 Å². The first-order valence-corrected chi connectivity index (χ1v) is 11.4. The van der Waals surface area contributed by atoms with Gasteiger partial charge < -0.3 is 9.80 Å². The highest BCUT2D eigenvalue weighted by molar-refractivity contribution is 5.87. The number of carbonyl (C=O) groups excluding carboxylic acids is 2. The fourth-order valence-electron chi connectivity index (χ4n) is 4.88. The highest BCUT2D eigenvalue weighted by Crippen LogP contribution is 2.38. The summed E-state index contributed by atoms with van der Waals surface area (Å²) in [6, 6.07) is 22.2. The third-order valence-corrected chi connectivity index (χ3v) is 6.68. The van der Waals surface area contributed by atoms with E-state index in [0.717, 1.165) is 22.3 Å². The van der Waals surface area contributed by atoms with E-state index in [4.69, 9.17) is 0 Å². The van der Waals surface area contributed by atoms with E-state index in [-0.39, 0.29) is 17.7 Å². The lowest BCUT2D eigenvalue weighted by atomic mass is 9.79. The van der Waals surface area contributed by atoms with Crippen molar-refractivity contribution in [2.45, 2.75) is 25.7 Å². The van der Waals surface area contributed by atoms with Gasteiger partial charge in [-0.25, -0.2) is 0 Å². The normalized spacial score (nSPS) is 18.7. The molecule has 0 spiro atoms. The second-order valence-electron chi connectivity index (χ2n) is 9.24. The number of amides is 2. The summed E-state index contributed by atoms with van der Waals surface area (Å²) in [5.74, 6) is -0.0638. The molecule has 1 aliphatic heterocycles. The Bertz CT molecular complexity index is 1110. The number of hydrogen-bond donors (Lipinski definition) is 0. The molecule has 0 bridgehead atoms. The van der Waals surface area contributed by atoms with E-state index >= 15 is 0 Å². The summed E-state index contributed by atoms with van der Waals surface area (Å²) in [6.07, 6.45) is 4.84. The summed E-state index contributed by atoms with van der Waals surface area (Å²) in [6.45, 7) is 2.99. The molecule has 2 heterocycles. The van der Waals surface area contributed by atoms with Gasteiger partial charge in [-0.15, -0.1) is 0 Å². The molecule has 0 aliphatic carbocycles. The molecule has 1 saturated heterocycles. The summed E-state index contributed by atoms with van der Waals surface area (Å²) >= 11 is 0. The van der Waals surface area contributed by atoms with Crippen molar-refractivity contribution in [2.24, 2.45) is 5.41 Å². The van der Waals surface area contributed by atoms with Crippen LogP contribution in [0.1, 0.15) is 30.4 Å². The maximum atomic E-state index is 13.4. The van der Waals surface area contributed by atoms with Gasteiger partial charge in [-0.1, -0.05) is 54.6 Å². The van der Waals surface area contributed by atoms with Crippen molar-refractivity contribution in [3.05, 3.63) is 90.3 Å². The summed E-state index contributed by atoms with van der Waals surface area (Å²) in [5, 5.41) is 0. The number of carbonyl (C=O) groups is 2. The van der Waals surface area contributed by atoms with E-state index in [0.29, 0.717) is 25.9 Å². The van der Waals surface area contributed by atoms with Crippen molar-refractivity contribution in [3.63, 3.8) is 0 Å². The lowest BCUT2D eigenvalue weighted by Crippen LogP contribution is -2.45. The molecule has 5 heteroatoms. The first-order valence-electron chi connectivity index (χ1n) is 11.4. The van der Waals surface area contributed by atoms with Gasteiger partial charge in [0, 0.05) is 39.6 Å². The summed E-state index contributed by atoms with van der Waals surface area (Å²) in [5.41, 5.74) is 3.69. The lowest BCUT2D eigenvalue weighted by Gasteiger charge is -2.31. The van der Waals surface area contributed by atoms with Crippen molar-refractivity contribution in [3.8, 4) is 11.1 Å². The predicted octanol–water partition coefficient (Wildman–Crippen LogP) is 4.40. The first kappa shape index (κ1) is 22.7. The second kappa shape index (κ2) is 9.57. The Hall–Kier alpha value is -3.47. The molecule has 0 radical (unpaired) electrons. The maximum Gasteiger partial charge on any atom is 0.230 e. The summed E-state index contributed by atoms with van der Waals surface area (Å²) in [7, 11) is 3.60. The summed E-state index contributed by atoms with van der Waals surface area (Å²) in [4.78, 5) is 34.4. The van der Waals surface area contributed by atoms with Crippen LogP contribution in [0.5, 0.6) is 0 Å². The Morgan fingerprint density at radius 3 is 2.42 bits per heavy atom. The monoisotopic (exact) mass is 441 g/mol. The molecule has 170 valence electrons. The van der Waals surface area contributed by atoms with Crippen molar-refractivity contribution in [1.82, 2.24) is 14.8 Å². The second-order valence-corrected chi connectivity index (χ2v) is 9.24. The number of likely N-dealkylation sites (tertiary alicyclic amines) is 1. The van der Waals surface area contributed by atoms with Crippen LogP contribution >= 0.6 is 0 Å². The van der Waals surface area contributed by atoms with Gasteiger partial charge in [0.2, 0.25) is 11.8 Å². The molecule has 0 N–H and O–H groups in total. The Kier molecular flexibility index (Phi) is 6.59. The van der Waals surface area contributed by atoms with E-state index in [1.165, 1.54) is 0 Å². The molecule has 2 aromatic carbocycles. The zero-order chi connectivity index (χ0) is 23.4. The Morgan fingerprint density at radius 1 is 1.00 bits per heavy atom. The zero-order valence-electron chi connectivity index (χ0n) is 19.6. The van der Waals surface area contributed by atoms with Crippen molar-refractivity contribution in [1.29, 1.82) is 0 Å². The topological polar surface area (TPSA) is 53.5 Å². The van der Waals surface area contributed by atoms with Gasteiger partial charge >= 0.3 is 0 Å². The largest absolute Gasteiger partial charge is 0.348 e. The first-order chi connectivity index (χ1) is 15.9. The minimum absolute atomic E-state index is 0.0829. The fraction of sp³-hybridized carbons (Fsp3) is 0.321. The summed E-state index contributed by atoms with van der Waals surface area (Å²) < 4.78 is 0. The molecule has 4 rings (SSSR count). The van der Waals surface area contributed by atoms with Gasteiger partial charge in [-0.2, -0.15) is 0 Å². The Morgan fingerprint density at radius 2 is 1.73 bits per heavy atom. The van der Waals surface area contributed by atoms with Crippen LogP contribution in [0.3, 0.4) is 0 Å². The molecular weight excluding hydrogens is 410 g/mol. The fourth-order valence-corrected chi connectivity index (χ4v) is 4.88. The van der Waals surface area contributed by atoms with E-state index in [1.54, 1.807) is 31.4 Å². The molecule has 1 fully saturated rings. The van der Waals surface area contributed by atoms with Gasteiger partial charge in [0.15, 0.2) is 0 Å². The molecule has 33 heavy (non-hydrogen) atoms. The number of hydrogen-bond acceptors (Lipinski definition) is 3. The van der Waals surface area contributed by atoms with E-state index in [9.17, 15) is 9.59 Å². The predicted molar refractivity (Wildman–Crippen MR) is 131 cm³/mol. The minimum Gasteiger partial charge on any atom is -0.348 e. The number of rotatable bonds is 6. The third-order valence-electron chi connectivity index (χ3n) is 6.68. The Balaban J connectivity index is 1.58. The van der Waals surface area contributed by atoms with Gasteiger partial charge in [0.1, 0.15) is 0 Å². The van der Waals surface area contributed by atoms with E-state index in [1.807, 2.05) is 60.4 Å². The van der Waals surface area contributed by atoms with Crippen LogP contribution in [0.2, 0.25) is 0 Å². The highest BCUT2D eigenvalue weighted by Gasteiger charge is 2.47. The number of nitrogens with zero attached hydrogens (tertiary/aromatic N) is 3. The number of aromatic nitrogens is 1. The molecular formula is C28H31N3O2. The quantitative estimate of drug-likeness (QED) is 0.570. The molecule has 1 aromatic heterocycles. The smallest absolute Gasteiger partial charge is 0.230 e. The van der Waals surface area contributed by atoms with Gasteiger partial charge in [0.25, 0.3) is 0 Å². The van der Waals surface area contributed by atoms with Gasteiger partial charge in [-0.3, -0.25) is 14.6 Å². The van der Waals surface area contributed by atoms with Crippen LogP contribution in [-0.4, -0.2) is 53.8 Å². The molecule has 2 atom stereocenters. The van der Waals surface area contributed by atoms with Crippen LogP contribution < -0.4 is 0 Å². The molecule has 2 amide bonds. The van der Waals surface area contributed by atoms with Crippen LogP contribution in [0.25, 0.3) is 11.1 Å². The molecule has 0 unspecified atom stereocenters. The average Bonchev–Trinajstić information content (AvgIpc) is 3.28. The SMILES string of the molecule is C[C@@H](C(=O)N1CC[C@](Cc2cccc(-c3ccncc3)c2)(C(=O)N(C)C)C1)c1ccccc1.